The Kier molecular flexibility index (Phi) is 5.81. The van der Waals surface area contributed by atoms with Gasteiger partial charge in [-0.3, -0.25) is 23.8 Å². The van der Waals surface area contributed by atoms with Gasteiger partial charge in [-0.05, 0) is 24.6 Å². The van der Waals surface area contributed by atoms with E-state index in [1.54, 1.807) is 6.20 Å². The zero-order valence-electron chi connectivity index (χ0n) is 18.1. The van der Waals surface area contributed by atoms with Crippen LogP contribution in [0, 0.1) is 0 Å². The maximum absolute atomic E-state index is 13.0. The van der Waals surface area contributed by atoms with Crippen molar-refractivity contribution in [3.63, 3.8) is 0 Å². The third-order valence-electron chi connectivity index (χ3n) is 5.32. The molecule has 0 bridgehead atoms. The highest BCUT2D eigenvalue weighted by Gasteiger charge is 2.25. The predicted octanol–water partition coefficient (Wildman–Crippen LogP) is 2.91. The number of para-hydroxylation sites is 1. The van der Waals surface area contributed by atoms with E-state index in [9.17, 15) is 14.4 Å². The maximum atomic E-state index is 13.0. The number of aryl methyl sites for hydroxylation is 1. The van der Waals surface area contributed by atoms with Gasteiger partial charge in [-0.25, -0.2) is 9.59 Å². The van der Waals surface area contributed by atoms with Crippen LogP contribution in [0.5, 0.6) is 5.75 Å². The number of carbonyl (C=O) groups is 1. The number of rotatable bonds is 5. The highest BCUT2D eigenvalue weighted by Crippen LogP contribution is 2.38. The molecule has 0 spiro atoms. The second-order valence-electron chi connectivity index (χ2n) is 7.14. The Hall–Kier alpha value is -3.50. The summed E-state index contributed by atoms with van der Waals surface area (Å²) in [5.74, 6) is 0.141. The van der Waals surface area contributed by atoms with Crippen molar-refractivity contribution in [2.45, 2.75) is 19.9 Å². The molecule has 9 nitrogen and oxygen atoms in total. The molecule has 0 aliphatic rings. The topological polar surface area (TPSA) is 95.7 Å². The third-order valence-corrected chi connectivity index (χ3v) is 6.52. The van der Waals surface area contributed by atoms with Crippen molar-refractivity contribution < 1.29 is 14.4 Å². The van der Waals surface area contributed by atoms with Crippen LogP contribution in [0.2, 0.25) is 0 Å². The number of hydrogen-bond donors (Lipinski definition) is 0. The van der Waals surface area contributed by atoms with Crippen LogP contribution in [0.4, 0.5) is 4.79 Å². The lowest BCUT2D eigenvalue weighted by molar-refractivity contribution is -0.0789. The average Bonchev–Trinajstić information content (AvgIpc) is 3.15. The van der Waals surface area contributed by atoms with Crippen molar-refractivity contribution in [2.75, 3.05) is 14.2 Å². The molecule has 0 N–H and O–H groups in total. The first-order valence-electron chi connectivity index (χ1n) is 9.94. The minimum atomic E-state index is -0.774. The van der Waals surface area contributed by atoms with Gasteiger partial charge in [0.25, 0.3) is 5.56 Å². The van der Waals surface area contributed by atoms with Gasteiger partial charge in [-0.1, -0.05) is 18.2 Å². The number of pyridine rings is 1. The van der Waals surface area contributed by atoms with E-state index in [1.807, 2.05) is 37.3 Å². The van der Waals surface area contributed by atoms with Crippen LogP contribution < -0.4 is 16.0 Å². The number of benzene rings is 1. The lowest BCUT2D eigenvalue weighted by atomic mass is 10.1. The first kappa shape index (κ1) is 21.7. The van der Waals surface area contributed by atoms with E-state index < -0.39 is 17.3 Å². The zero-order valence-corrected chi connectivity index (χ0v) is 18.9. The molecule has 0 radical (unpaired) electrons. The minimum absolute atomic E-state index is 0.141. The summed E-state index contributed by atoms with van der Waals surface area (Å²) < 4.78 is 8.18. The number of fused-ring (bicyclic) bond motifs is 2. The first-order chi connectivity index (χ1) is 15.4. The number of ether oxygens (including phenoxy) is 1. The molecule has 0 fully saturated rings. The Bertz CT molecular complexity index is 1450. The lowest BCUT2D eigenvalue weighted by Crippen LogP contribution is -2.37. The van der Waals surface area contributed by atoms with E-state index in [-0.39, 0.29) is 11.1 Å². The Morgan fingerprint density at radius 2 is 1.97 bits per heavy atom. The first-order valence-corrected chi connectivity index (χ1v) is 10.8. The van der Waals surface area contributed by atoms with Crippen molar-refractivity contribution >= 4 is 38.5 Å². The molecule has 0 atom stereocenters. The fourth-order valence-electron chi connectivity index (χ4n) is 3.56. The summed E-state index contributed by atoms with van der Waals surface area (Å²) >= 11 is 1.27. The van der Waals surface area contributed by atoms with Gasteiger partial charge in [0.2, 0.25) is 0 Å². The fourth-order valence-corrected chi connectivity index (χ4v) is 4.86. The monoisotopic (exact) mass is 454 g/mol. The molecule has 3 aromatic heterocycles. The summed E-state index contributed by atoms with van der Waals surface area (Å²) in [6.07, 6.45) is 1.34. The number of carbonyl (C=O) groups excluding carboxylic acids is 1. The largest absolute Gasteiger partial charge is 0.439 e. The van der Waals surface area contributed by atoms with E-state index in [4.69, 9.17) is 9.57 Å². The predicted molar refractivity (Wildman–Crippen MR) is 122 cm³/mol. The molecular weight excluding hydrogens is 432 g/mol. The molecule has 166 valence electrons. The van der Waals surface area contributed by atoms with Crippen LogP contribution in [-0.4, -0.2) is 39.4 Å². The molecule has 0 aliphatic heterocycles. The van der Waals surface area contributed by atoms with Gasteiger partial charge in [0.05, 0.1) is 17.5 Å². The summed E-state index contributed by atoms with van der Waals surface area (Å²) in [4.78, 5) is 48.7. The summed E-state index contributed by atoms with van der Waals surface area (Å²) in [5, 5.41) is 2.08. The van der Waals surface area contributed by atoms with Gasteiger partial charge in [0.15, 0.2) is 5.75 Å². The normalized spacial score (nSPS) is 11.2. The molecule has 4 aromatic rings. The Balaban J connectivity index is 1.97. The van der Waals surface area contributed by atoms with Crippen LogP contribution in [0.1, 0.15) is 17.4 Å². The second-order valence-corrected chi connectivity index (χ2v) is 8.22. The summed E-state index contributed by atoms with van der Waals surface area (Å²) in [7, 11) is 4.16. The van der Waals surface area contributed by atoms with Gasteiger partial charge in [0, 0.05) is 38.6 Å². The zero-order chi connectivity index (χ0) is 23.0. The van der Waals surface area contributed by atoms with Crippen LogP contribution in [0.3, 0.4) is 0 Å². The molecule has 32 heavy (non-hydrogen) atoms. The number of aromatic nitrogens is 3. The molecule has 0 saturated heterocycles. The van der Waals surface area contributed by atoms with Crippen LogP contribution >= 0.6 is 11.3 Å². The number of thiophene rings is 1. The van der Waals surface area contributed by atoms with Crippen molar-refractivity contribution in [3.05, 3.63) is 67.8 Å². The van der Waals surface area contributed by atoms with Crippen molar-refractivity contribution in [3.8, 4) is 5.75 Å². The molecule has 3 heterocycles. The highest BCUT2D eigenvalue weighted by molar-refractivity contribution is 7.19. The van der Waals surface area contributed by atoms with Gasteiger partial charge >= 0.3 is 11.8 Å². The second kappa shape index (κ2) is 8.56. The van der Waals surface area contributed by atoms with Crippen LogP contribution in [0.15, 0.2) is 46.1 Å². The molecule has 4 rings (SSSR count). The Morgan fingerprint density at radius 3 is 2.69 bits per heavy atom. The number of hydrogen-bond acceptors (Lipinski definition) is 7. The maximum Gasteiger partial charge on any atom is 0.439 e. The minimum Gasteiger partial charge on any atom is -0.407 e. The van der Waals surface area contributed by atoms with Crippen LogP contribution in [0.25, 0.3) is 21.1 Å². The van der Waals surface area contributed by atoms with E-state index >= 15 is 0 Å². The van der Waals surface area contributed by atoms with Gasteiger partial charge < -0.3 is 4.74 Å². The van der Waals surface area contributed by atoms with Crippen molar-refractivity contribution in [2.24, 2.45) is 7.05 Å². The average molecular weight is 455 g/mol. The SMILES string of the molecule is CCn1c(=O)n(C)c(=O)c2c(OC(=O)N(C)OC)c(Cc3ccnc4ccccc34)sc21. The molecule has 10 heteroatoms. The quantitative estimate of drug-likeness (QED) is 0.430. The lowest BCUT2D eigenvalue weighted by Gasteiger charge is -2.14. The number of hydroxylamine groups is 2. The molecule has 1 amide bonds. The molecular formula is C22H22N4O5S. The molecule has 0 saturated carbocycles. The molecule has 0 aliphatic carbocycles. The van der Waals surface area contributed by atoms with Crippen LogP contribution in [-0.2, 0) is 24.9 Å². The standard InChI is InChI=1S/C22H22N4O5S/c1-5-26-20-17(19(27)24(2)21(26)28)18(31-22(29)25(3)30-4)16(32-20)12-13-10-11-23-15-9-7-6-8-14(13)15/h6-11H,5,12H2,1-4H3. The van der Waals surface area contributed by atoms with Crippen molar-refractivity contribution in [1.29, 1.82) is 0 Å². The highest BCUT2D eigenvalue weighted by atomic mass is 32.1. The number of nitrogens with zero attached hydrogens (tertiary/aromatic N) is 4. The van der Waals surface area contributed by atoms with E-state index in [0.717, 1.165) is 26.1 Å². The Labute approximate surface area is 187 Å². The smallest absolute Gasteiger partial charge is 0.407 e. The molecule has 0 unspecified atom stereocenters. The van der Waals surface area contributed by atoms with Gasteiger partial charge in [-0.15, -0.1) is 11.3 Å². The third kappa shape index (κ3) is 3.57. The number of amides is 1. The van der Waals surface area contributed by atoms with E-state index in [2.05, 4.69) is 4.98 Å². The van der Waals surface area contributed by atoms with Gasteiger partial charge in [-0.2, -0.15) is 5.06 Å². The van der Waals surface area contributed by atoms with Gasteiger partial charge in [0.1, 0.15) is 10.2 Å². The summed E-state index contributed by atoms with van der Waals surface area (Å²) in [6.45, 7) is 2.19. The summed E-state index contributed by atoms with van der Waals surface area (Å²) in [6, 6.07) is 9.62. The molecule has 1 aromatic carbocycles. The van der Waals surface area contributed by atoms with E-state index in [1.165, 1.54) is 37.1 Å². The fraction of sp³-hybridized carbons (Fsp3) is 0.273. The summed E-state index contributed by atoms with van der Waals surface area (Å²) in [5.41, 5.74) is 0.866. The Morgan fingerprint density at radius 1 is 1.22 bits per heavy atom. The van der Waals surface area contributed by atoms with E-state index in [0.29, 0.717) is 22.7 Å². The van der Waals surface area contributed by atoms with Crippen molar-refractivity contribution in [1.82, 2.24) is 19.2 Å².